The molecule has 0 aliphatic rings. The summed E-state index contributed by atoms with van der Waals surface area (Å²) in [5, 5.41) is 2.61. The Hall–Kier alpha value is -4.21. The van der Waals surface area contributed by atoms with E-state index in [2.05, 4.69) is 5.32 Å². The van der Waals surface area contributed by atoms with Crippen molar-refractivity contribution in [1.82, 2.24) is 0 Å². The van der Waals surface area contributed by atoms with Crippen molar-refractivity contribution in [3.63, 3.8) is 0 Å². The molecule has 0 unspecified atom stereocenters. The maximum absolute atomic E-state index is 13.1. The summed E-state index contributed by atoms with van der Waals surface area (Å²) in [5.41, 5.74) is 0.781. The van der Waals surface area contributed by atoms with E-state index in [-0.39, 0.29) is 47.1 Å². The lowest BCUT2D eigenvalue weighted by molar-refractivity contribution is -0.133. The average molecular weight is 471 g/mol. The maximum atomic E-state index is 13.1. The summed E-state index contributed by atoms with van der Waals surface area (Å²) in [6.45, 7) is 7.47. The van der Waals surface area contributed by atoms with Crippen molar-refractivity contribution in [2.45, 2.75) is 34.6 Å². The molecule has 0 heterocycles. The number of amides is 1. The number of benzene rings is 2. The largest absolute Gasteiger partial charge is 0.462 e. The highest BCUT2D eigenvalue weighted by atomic mass is 16.6. The molecule has 0 aliphatic carbocycles. The molecule has 0 spiro atoms. The minimum Gasteiger partial charge on any atom is -0.462 e. The van der Waals surface area contributed by atoms with E-state index < -0.39 is 29.8 Å². The Morgan fingerprint density at radius 2 is 1.26 bits per heavy atom. The van der Waals surface area contributed by atoms with E-state index in [1.807, 2.05) is 0 Å². The zero-order valence-corrected chi connectivity index (χ0v) is 19.5. The van der Waals surface area contributed by atoms with Gasteiger partial charge < -0.3 is 24.3 Å². The van der Waals surface area contributed by atoms with Gasteiger partial charge in [-0.15, -0.1) is 0 Å². The van der Waals surface area contributed by atoms with Gasteiger partial charge in [-0.1, -0.05) is 0 Å². The zero-order valence-electron chi connectivity index (χ0n) is 19.5. The van der Waals surface area contributed by atoms with Crippen LogP contribution in [0.25, 0.3) is 0 Å². The summed E-state index contributed by atoms with van der Waals surface area (Å²) in [7, 11) is 0. The fourth-order valence-corrected chi connectivity index (χ4v) is 2.97. The van der Waals surface area contributed by atoms with Crippen LogP contribution in [-0.2, 0) is 19.1 Å². The van der Waals surface area contributed by atoms with E-state index in [4.69, 9.17) is 18.9 Å². The van der Waals surface area contributed by atoms with Crippen LogP contribution in [-0.4, -0.2) is 43.0 Å². The van der Waals surface area contributed by atoms with Crippen LogP contribution in [0, 0.1) is 6.92 Å². The molecule has 10 nitrogen and oxygen atoms in total. The second-order valence-corrected chi connectivity index (χ2v) is 7.01. The Morgan fingerprint density at radius 1 is 0.735 bits per heavy atom. The lowest BCUT2D eigenvalue weighted by Gasteiger charge is -2.15. The highest BCUT2D eigenvalue weighted by Gasteiger charge is 2.24. The minimum atomic E-state index is -0.836. The number of carbonyl (C=O) groups excluding carboxylic acids is 5. The van der Waals surface area contributed by atoms with Gasteiger partial charge in [0.15, 0.2) is 0 Å². The van der Waals surface area contributed by atoms with E-state index in [0.29, 0.717) is 5.56 Å². The summed E-state index contributed by atoms with van der Waals surface area (Å²) < 4.78 is 20.2. The van der Waals surface area contributed by atoms with Crippen molar-refractivity contribution in [1.29, 1.82) is 0 Å². The monoisotopic (exact) mass is 471 g/mol. The Bertz CT molecular complexity index is 1140. The van der Waals surface area contributed by atoms with Crippen molar-refractivity contribution in [2.75, 3.05) is 18.5 Å². The fourth-order valence-electron chi connectivity index (χ4n) is 2.97. The third-order valence-corrected chi connectivity index (χ3v) is 4.18. The van der Waals surface area contributed by atoms with Crippen LogP contribution >= 0.6 is 0 Å². The molecule has 0 atom stereocenters. The van der Waals surface area contributed by atoms with Gasteiger partial charge in [0.25, 0.3) is 5.91 Å². The van der Waals surface area contributed by atoms with Crippen LogP contribution in [0.4, 0.5) is 5.69 Å². The second-order valence-electron chi connectivity index (χ2n) is 7.01. The standard InChI is InChI=1S/C24H25NO9/c1-6-31-23(29)16-8-13(3)9-17(10-16)25-22(28)18-11-21(34-15(5)27)19(24(30)32-7-2)12-20(18)33-14(4)26/h8-12H,6-7H2,1-5H3,(H,25,28). The first-order valence-electron chi connectivity index (χ1n) is 10.4. The molecule has 1 N–H and O–H groups in total. The Labute approximate surface area is 196 Å². The summed E-state index contributed by atoms with van der Waals surface area (Å²) in [6.07, 6.45) is 0. The molecule has 0 aliphatic heterocycles. The molecule has 2 aromatic carbocycles. The van der Waals surface area contributed by atoms with Crippen molar-refractivity contribution in [2.24, 2.45) is 0 Å². The van der Waals surface area contributed by atoms with E-state index >= 15 is 0 Å². The third-order valence-electron chi connectivity index (χ3n) is 4.18. The number of rotatable bonds is 8. The molecule has 0 bridgehead atoms. The topological polar surface area (TPSA) is 134 Å². The van der Waals surface area contributed by atoms with E-state index in [9.17, 15) is 24.0 Å². The number of esters is 4. The molecule has 180 valence electrons. The molecule has 0 radical (unpaired) electrons. The molecule has 0 saturated carbocycles. The highest BCUT2D eigenvalue weighted by molar-refractivity contribution is 6.08. The fraction of sp³-hybridized carbons (Fsp3) is 0.292. The molecule has 10 heteroatoms. The summed E-state index contributed by atoms with van der Waals surface area (Å²) in [5.74, 6) is -4.12. The van der Waals surface area contributed by atoms with Crippen molar-refractivity contribution in [3.8, 4) is 11.5 Å². The molecule has 0 fully saturated rings. The zero-order chi connectivity index (χ0) is 25.4. The smallest absolute Gasteiger partial charge is 0.342 e. The van der Waals surface area contributed by atoms with Gasteiger partial charge >= 0.3 is 23.9 Å². The molecule has 0 aromatic heterocycles. The minimum absolute atomic E-state index is 0.0413. The number of aryl methyl sites for hydroxylation is 1. The first-order valence-corrected chi connectivity index (χ1v) is 10.4. The molecule has 34 heavy (non-hydrogen) atoms. The molecule has 2 rings (SSSR count). The lowest BCUT2D eigenvalue weighted by Crippen LogP contribution is -2.18. The maximum Gasteiger partial charge on any atom is 0.342 e. The normalized spacial score (nSPS) is 10.1. The predicted molar refractivity (Wildman–Crippen MR) is 120 cm³/mol. The Kier molecular flexibility index (Phi) is 8.88. The number of hydrogen-bond acceptors (Lipinski definition) is 9. The van der Waals surface area contributed by atoms with E-state index in [1.165, 1.54) is 6.07 Å². The van der Waals surface area contributed by atoms with Crippen LogP contribution < -0.4 is 14.8 Å². The highest BCUT2D eigenvalue weighted by Crippen LogP contribution is 2.31. The molecular weight excluding hydrogens is 446 g/mol. The van der Waals surface area contributed by atoms with Crippen LogP contribution in [0.1, 0.15) is 64.3 Å². The average Bonchev–Trinajstić information content (AvgIpc) is 2.73. The number of nitrogens with one attached hydrogen (secondary N) is 1. The van der Waals surface area contributed by atoms with Crippen LogP contribution in [0.3, 0.4) is 0 Å². The van der Waals surface area contributed by atoms with Gasteiger partial charge in [0, 0.05) is 25.6 Å². The van der Waals surface area contributed by atoms with Gasteiger partial charge in [0.1, 0.15) is 17.1 Å². The van der Waals surface area contributed by atoms with Crippen molar-refractivity contribution >= 4 is 35.5 Å². The van der Waals surface area contributed by atoms with Gasteiger partial charge in [0.05, 0.1) is 24.3 Å². The van der Waals surface area contributed by atoms with Crippen LogP contribution in [0.5, 0.6) is 11.5 Å². The van der Waals surface area contributed by atoms with Crippen molar-refractivity contribution in [3.05, 3.63) is 52.6 Å². The molecule has 2 aromatic rings. The first kappa shape index (κ1) is 26.0. The van der Waals surface area contributed by atoms with Crippen LogP contribution in [0.15, 0.2) is 30.3 Å². The predicted octanol–water partition coefficient (Wildman–Crippen LogP) is 3.45. The summed E-state index contributed by atoms with van der Waals surface area (Å²) in [4.78, 5) is 60.8. The van der Waals surface area contributed by atoms with E-state index in [0.717, 1.165) is 26.0 Å². The van der Waals surface area contributed by atoms with Gasteiger partial charge in [-0.05, 0) is 50.6 Å². The third kappa shape index (κ3) is 6.89. The molecule has 0 saturated heterocycles. The first-order chi connectivity index (χ1) is 16.0. The number of hydrogen-bond donors (Lipinski definition) is 1. The van der Waals surface area contributed by atoms with Gasteiger partial charge in [0.2, 0.25) is 0 Å². The number of carbonyl (C=O) groups is 5. The molecule has 1 amide bonds. The Morgan fingerprint density at radius 3 is 1.82 bits per heavy atom. The summed E-state index contributed by atoms with van der Waals surface area (Å²) in [6, 6.07) is 6.83. The van der Waals surface area contributed by atoms with Gasteiger partial charge in [-0.25, -0.2) is 9.59 Å². The van der Waals surface area contributed by atoms with E-state index in [1.54, 1.807) is 32.9 Å². The van der Waals surface area contributed by atoms with Crippen molar-refractivity contribution < 1.29 is 42.9 Å². The Balaban J connectivity index is 2.54. The summed E-state index contributed by atoms with van der Waals surface area (Å²) >= 11 is 0. The quantitative estimate of drug-likeness (QED) is 0.454. The second kappa shape index (κ2) is 11.6. The number of ether oxygens (including phenoxy) is 4. The lowest BCUT2D eigenvalue weighted by atomic mass is 10.1. The number of anilines is 1. The van der Waals surface area contributed by atoms with Crippen LogP contribution in [0.2, 0.25) is 0 Å². The van der Waals surface area contributed by atoms with Gasteiger partial charge in [-0.2, -0.15) is 0 Å². The van der Waals surface area contributed by atoms with Gasteiger partial charge in [-0.3, -0.25) is 14.4 Å². The molecular formula is C24H25NO9. The SMILES string of the molecule is CCOC(=O)c1cc(C)cc(NC(=O)c2cc(OC(C)=O)c(C(=O)OCC)cc2OC(C)=O)c1.